The minimum Gasteiger partial charge on any atom is -0.454 e. The van der Waals surface area contributed by atoms with Gasteiger partial charge in [0.2, 0.25) is 6.79 Å². The molecule has 2 aliphatic rings. The molecule has 4 heteroatoms. The Morgan fingerprint density at radius 1 is 1.20 bits per heavy atom. The van der Waals surface area contributed by atoms with E-state index in [1.165, 1.54) is 4.90 Å². The van der Waals surface area contributed by atoms with Crippen LogP contribution in [0.15, 0.2) is 23.1 Å². The fourth-order valence-electron chi connectivity index (χ4n) is 1.56. The molecule has 80 valence electrons. The minimum atomic E-state index is 0.347. The van der Waals surface area contributed by atoms with Crippen molar-refractivity contribution >= 4 is 11.8 Å². The quantitative estimate of drug-likeness (QED) is 0.735. The lowest BCUT2D eigenvalue weighted by molar-refractivity contribution is -0.0196. The van der Waals surface area contributed by atoms with Crippen LogP contribution in [0.3, 0.4) is 0 Å². The number of ether oxygens (including phenoxy) is 3. The summed E-state index contributed by atoms with van der Waals surface area (Å²) in [6, 6.07) is 6.10. The highest BCUT2D eigenvalue weighted by molar-refractivity contribution is 7.99. The van der Waals surface area contributed by atoms with Crippen molar-refractivity contribution < 1.29 is 14.2 Å². The van der Waals surface area contributed by atoms with E-state index in [2.05, 4.69) is 6.07 Å². The Kier molecular flexibility index (Phi) is 2.46. The van der Waals surface area contributed by atoms with Gasteiger partial charge in [0.1, 0.15) is 0 Å². The molecule has 0 amide bonds. The van der Waals surface area contributed by atoms with E-state index < -0.39 is 0 Å². The van der Waals surface area contributed by atoms with Crippen molar-refractivity contribution in [1.29, 1.82) is 0 Å². The van der Waals surface area contributed by atoms with Gasteiger partial charge in [-0.3, -0.25) is 0 Å². The largest absolute Gasteiger partial charge is 0.454 e. The van der Waals surface area contributed by atoms with Crippen molar-refractivity contribution in [2.75, 3.05) is 25.8 Å². The van der Waals surface area contributed by atoms with Crippen LogP contribution in [0, 0.1) is 5.92 Å². The summed E-state index contributed by atoms with van der Waals surface area (Å²) < 4.78 is 15.7. The van der Waals surface area contributed by atoms with E-state index in [0.29, 0.717) is 6.79 Å². The predicted octanol–water partition coefficient (Wildman–Crippen LogP) is 2.15. The summed E-state index contributed by atoms with van der Waals surface area (Å²) in [5.74, 6) is 3.57. The molecule has 0 N–H and O–H groups in total. The summed E-state index contributed by atoms with van der Waals surface area (Å²) in [5.41, 5.74) is 0. The molecule has 0 spiro atoms. The predicted molar refractivity (Wildman–Crippen MR) is 57.6 cm³/mol. The van der Waals surface area contributed by atoms with Gasteiger partial charge in [0.05, 0.1) is 13.2 Å². The molecule has 3 nitrogen and oxygen atoms in total. The molecule has 1 aromatic carbocycles. The molecule has 0 radical (unpaired) electrons. The second kappa shape index (κ2) is 3.94. The Labute approximate surface area is 92.7 Å². The van der Waals surface area contributed by atoms with Crippen LogP contribution in [-0.2, 0) is 4.74 Å². The van der Waals surface area contributed by atoms with Crippen LogP contribution < -0.4 is 9.47 Å². The van der Waals surface area contributed by atoms with Gasteiger partial charge in [0, 0.05) is 16.6 Å². The van der Waals surface area contributed by atoms with Gasteiger partial charge >= 0.3 is 0 Å². The van der Waals surface area contributed by atoms with Gasteiger partial charge in [-0.2, -0.15) is 0 Å². The molecule has 0 unspecified atom stereocenters. The van der Waals surface area contributed by atoms with Crippen LogP contribution in [0.2, 0.25) is 0 Å². The molecule has 0 atom stereocenters. The normalized spacial score (nSPS) is 18.9. The van der Waals surface area contributed by atoms with Crippen LogP contribution in [0.1, 0.15) is 0 Å². The van der Waals surface area contributed by atoms with Crippen molar-refractivity contribution in [3.05, 3.63) is 18.2 Å². The zero-order valence-corrected chi connectivity index (χ0v) is 9.09. The van der Waals surface area contributed by atoms with E-state index in [-0.39, 0.29) is 0 Å². The summed E-state index contributed by atoms with van der Waals surface area (Å²) in [5, 5.41) is 0. The summed E-state index contributed by atoms with van der Waals surface area (Å²) in [4.78, 5) is 1.24. The van der Waals surface area contributed by atoms with E-state index in [0.717, 1.165) is 36.4 Å². The molecule has 3 rings (SSSR count). The van der Waals surface area contributed by atoms with Gasteiger partial charge in [-0.15, -0.1) is 11.8 Å². The molecular weight excluding hydrogens is 212 g/mol. The topological polar surface area (TPSA) is 27.7 Å². The maximum atomic E-state index is 5.33. The Morgan fingerprint density at radius 2 is 2.07 bits per heavy atom. The molecule has 1 aromatic rings. The van der Waals surface area contributed by atoms with Crippen molar-refractivity contribution in [2.24, 2.45) is 5.92 Å². The third kappa shape index (κ3) is 1.92. The molecule has 1 saturated heterocycles. The fraction of sp³-hybridized carbons (Fsp3) is 0.455. The fourth-order valence-corrected chi connectivity index (χ4v) is 2.54. The first-order valence-electron chi connectivity index (χ1n) is 5.02. The average molecular weight is 224 g/mol. The highest BCUT2D eigenvalue weighted by Crippen LogP contribution is 2.36. The van der Waals surface area contributed by atoms with E-state index in [4.69, 9.17) is 14.2 Å². The Bertz CT molecular complexity index is 363. The molecule has 15 heavy (non-hydrogen) atoms. The van der Waals surface area contributed by atoms with Crippen LogP contribution in [0.4, 0.5) is 0 Å². The van der Waals surface area contributed by atoms with E-state index in [9.17, 15) is 0 Å². The summed E-state index contributed by atoms with van der Waals surface area (Å²) in [6.45, 7) is 2.18. The lowest BCUT2D eigenvalue weighted by Crippen LogP contribution is -2.29. The number of thioether (sulfide) groups is 1. The third-order valence-electron chi connectivity index (χ3n) is 2.54. The van der Waals surface area contributed by atoms with Crippen LogP contribution in [0.5, 0.6) is 11.5 Å². The van der Waals surface area contributed by atoms with E-state index in [1.807, 2.05) is 23.9 Å². The molecular formula is C11H12O3S. The summed E-state index contributed by atoms with van der Waals surface area (Å²) >= 11 is 1.85. The zero-order chi connectivity index (χ0) is 10.1. The Balaban J connectivity index is 1.64. The molecule has 0 saturated carbocycles. The lowest BCUT2D eigenvalue weighted by Gasteiger charge is -2.25. The van der Waals surface area contributed by atoms with Crippen LogP contribution in [0.25, 0.3) is 0 Å². The SMILES string of the molecule is c1cc2c(cc1SCC1COC1)OCO2. The maximum Gasteiger partial charge on any atom is 0.231 e. The minimum absolute atomic E-state index is 0.347. The van der Waals surface area contributed by atoms with E-state index >= 15 is 0 Å². The van der Waals surface area contributed by atoms with Gasteiger partial charge in [0.15, 0.2) is 11.5 Å². The van der Waals surface area contributed by atoms with Gasteiger partial charge in [-0.1, -0.05) is 0 Å². The molecule has 2 heterocycles. The first kappa shape index (κ1) is 9.36. The average Bonchev–Trinajstić information content (AvgIpc) is 2.62. The monoisotopic (exact) mass is 224 g/mol. The second-order valence-electron chi connectivity index (χ2n) is 3.73. The highest BCUT2D eigenvalue weighted by atomic mass is 32.2. The zero-order valence-electron chi connectivity index (χ0n) is 8.27. The van der Waals surface area contributed by atoms with E-state index in [1.54, 1.807) is 0 Å². The van der Waals surface area contributed by atoms with Crippen molar-refractivity contribution in [2.45, 2.75) is 4.90 Å². The third-order valence-corrected chi connectivity index (χ3v) is 3.76. The number of fused-ring (bicyclic) bond motifs is 1. The number of benzene rings is 1. The molecule has 1 fully saturated rings. The second-order valence-corrected chi connectivity index (χ2v) is 4.82. The number of hydrogen-bond acceptors (Lipinski definition) is 4. The molecule has 2 aliphatic heterocycles. The molecule has 0 aliphatic carbocycles. The first-order chi connectivity index (χ1) is 7.42. The first-order valence-corrected chi connectivity index (χ1v) is 6.00. The van der Waals surface area contributed by atoms with Gasteiger partial charge in [-0.05, 0) is 18.2 Å². The molecule has 0 bridgehead atoms. The van der Waals surface area contributed by atoms with Crippen molar-refractivity contribution in [3.8, 4) is 11.5 Å². The van der Waals surface area contributed by atoms with Gasteiger partial charge in [0.25, 0.3) is 0 Å². The number of hydrogen-bond donors (Lipinski definition) is 0. The smallest absolute Gasteiger partial charge is 0.231 e. The van der Waals surface area contributed by atoms with Crippen molar-refractivity contribution in [1.82, 2.24) is 0 Å². The maximum absolute atomic E-state index is 5.33. The van der Waals surface area contributed by atoms with Gasteiger partial charge < -0.3 is 14.2 Å². The summed E-state index contributed by atoms with van der Waals surface area (Å²) in [6.07, 6.45) is 0. The molecule has 0 aromatic heterocycles. The van der Waals surface area contributed by atoms with Crippen LogP contribution in [-0.4, -0.2) is 25.8 Å². The standard InChI is InChI=1S/C11H12O3S/c1-2-10-11(14-7-13-10)3-9(1)15-6-8-4-12-5-8/h1-3,8H,4-7H2. The Hall–Kier alpha value is -0.870. The van der Waals surface area contributed by atoms with Gasteiger partial charge in [-0.25, -0.2) is 0 Å². The summed E-state index contributed by atoms with van der Waals surface area (Å²) in [7, 11) is 0. The number of rotatable bonds is 3. The lowest BCUT2D eigenvalue weighted by atomic mass is 10.1. The highest BCUT2D eigenvalue weighted by Gasteiger charge is 2.19. The van der Waals surface area contributed by atoms with Crippen molar-refractivity contribution in [3.63, 3.8) is 0 Å². The van der Waals surface area contributed by atoms with Crippen LogP contribution >= 0.6 is 11.8 Å². The Morgan fingerprint density at radius 3 is 2.87 bits per heavy atom.